The highest BCUT2D eigenvalue weighted by atomic mass is 16.5. The van der Waals surface area contributed by atoms with E-state index in [4.69, 9.17) is 4.74 Å². The molecule has 0 spiro atoms. The largest absolute Gasteiger partial charge is 0.462 e. The van der Waals surface area contributed by atoms with E-state index in [9.17, 15) is 9.90 Å². The molecule has 9 atom stereocenters. The average Bonchev–Trinajstić information content (AvgIpc) is 3.02. The van der Waals surface area contributed by atoms with Crippen molar-refractivity contribution in [2.45, 2.75) is 222 Å². The lowest BCUT2D eigenvalue weighted by Gasteiger charge is -2.72. The SMILES string of the molecule is CCCCCCCCCCCCCCCC(=O)O[C@H]1CC[C@]2(C)[C@H]3[C@@H](O)C=C4[C@@H]5CC(C)(C)CC[C@]5(C)CC[C@@]4(C)[C@]3(C)CC[C@H]2C1(C)C. The molecule has 0 aromatic rings. The van der Waals surface area contributed by atoms with Crippen molar-refractivity contribution in [3.8, 4) is 0 Å². The highest BCUT2D eigenvalue weighted by Gasteiger charge is 2.70. The standard InChI is InChI=1S/C46H80O3/c1-10-11-12-13-14-15-16-17-18-19-20-21-22-23-39(48)49-38-25-26-44(7)37(42(38,4)5)24-27-46(9)40(44)36(47)32-34-35-33-41(2,3)28-29-43(35,6)30-31-45(34,46)8/h32,35-38,40,47H,10-31,33H2,1-9H3/t35-,36-,37-,38-,40+,43+,44-,45+,46+/m0/s1. The first-order valence-corrected chi connectivity index (χ1v) is 21.6. The van der Waals surface area contributed by atoms with Gasteiger partial charge in [0.25, 0.3) is 0 Å². The molecule has 0 aromatic carbocycles. The third-order valence-corrected chi connectivity index (χ3v) is 16.7. The predicted molar refractivity (Wildman–Crippen MR) is 206 cm³/mol. The maximum atomic E-state index is 13.2. The first kappa shape index (κ1) is 39.4. The number of rotatable bonds is 15. The van der Waals surface area contributed by atoms with Gasteiger partial charge in [-0.05, 0) is 103 Å². The van der Waals surface area contributed by atoms with Crippen LogP contribution in [0, 0.1) is 50.2 Å². The Morgan fingerprint density at radius 1 is 0.735 bits per heavy atom. The number of allylic oxidation sites excluding steroid dienone is 1. The lowest BCUT2D eigenvalue weighted by molar-refractivity contribution is -0.230. The number of unbranched alkanes of at least 4 members (excludes halogenated alkanes) is 12. The highest BCUT2D eigenvalue weighted by Crippen LogP contribution is 2.75. The third-order valence-electron chi connectivity index (χ3n) is 16.7. The number of ether oxygens (including phenoxy) is 1. The molecule has 5 aliphatic carbocycles. The zero-order chi connectivity index (χ0) is 35.7. The summed E-state index contributed by atoms with van der Waals surface area (Å²) in [5.74, 6) is 1.30. The fourth-order valence-electron chi connectivity index (χ4n) is 13.3. The second-order valence-corrected chi connectivity index (χ2v) is 20.8. The van der Waals surface area contributed by atoms with E-state index < -0.39 is 6.10 Å². The van der Waals surface area contributed by atoms with Gasteiger partial charge in [-0.1, -0.05) is 151 Å². The Labute approximate surface area is 304 Å². The van der Waals surface area contributed by atoms with Gasteiger partial charge in [-0.15, -0.1) is 0 Å². The molecule has 0 heterocycles. The summed E-state index contributed by atoms with van der Waals surface area (Å²) in [5, 5.41) is 12.3. The van der Waals surface area contributed by atoms with Crippen molar-refractivity contribution >= 4 is 5.97 Å². The summed E-state index contributed by atoms with van der Waals surface area (Å²) in [5.41, 5.74) is 2.54. The van der Waals surface area contributed by atoms with Gasteiger partial charge in [0.1, 0.15) is 6.10 Å². The van der Waals surface area contributed by atoms with Crippen molar-refractivity contribution in [1.29, 1.82) is 0 Å². The molecule has 0 bridgehead atoms. The molecule has 4 fully saturated rings. The summed E-state index contributed by atoms with van der Waals surface area (Å²) in [4.78, 5) is 13.2. The number of aliphatic hydroxyl groups is 1. The number of carbonyl (C=O) groups excluding carboxylic acids is 1. The average molecular weight is 681 g/mol. The number of hydrogen-bond acceptors (Lipinski definition) is 3. The van der Waals surface area contributed by atoms with Crippen molar-refractivity contribution in [3.63, 3.8) is 0 Å². The molecule has 0 amide bonds. The van der Waals surface area contributed by atoms with Gasteiger partial charge in [0.2, 0.25) is 0 Å². The Bertz CT molecular complexity index is 1150. The van der Waals surface area contributed by atoms with E-state index in [1.807, 2.05) is 0 Å². The molecular formula is C46H80O3. The maximum Gasteiger partial charge on any atom is 0.306 e. The monoisotopic (exact) mass is 681 g/mol. The smallest absolute Gasteiger partial charge is 0.306 e. The van der Waals surface area contributed by atoms with Gasteiger partial charge < -0.3 is 9.84 Å². The molecule has 0 unspecified atom stereocenters. The Morgan fingerprint density at radius 2 is 1.31 bits per heavy atom. The minimum Gasteiger partial charge on any atom is -0.462 e. The highest BCUT2D eigenvalue weighted by molar-refractivity contribution is 5.69. The molecule has 282 valence electrons. The summed E-state index contributed by atoms with van der Waals surface area (Å²) in [7, 11) is 0. The number of aliphatic hydroxyl groups excluding tert-OH is 1. The van der Waals surface area contributed by atoms with Crippen LogP contribution >= 0.6 is 0 Å². The molecule has 4 saturated carbocycles. The van der Waals surface area contributed by atoms with Crippen LogP contribution in [-0.4, -0.2) is 23.3 Å². The van der Waals surface area contributed by atoms with Crippen molar-refractivity contribution in [2.24, 2.45) is 50.2 Å². The topological polar surface area (TPSA) is 46.5 Å². The van der Waals surface area contributed by atoms with Crippen LogP contribution in [-0.2, 0) is 9.53 Å². The number of hydrogen-bond donors (Lipinski definition) is 1. The van der Waals surface area contributed by atoms with Gasteiger partial charge in [0.15, 0.2) is 0 Å². The Kier molecular flexibility index (Phi) is 12.3. The third kappa shape index (κ3) is 7.65. The molecule has 5 aliphatic rings. The molecule has 0 aliphatic heterocycles. The first-order valence-electron chi connectivity index (χ1n) is 21.6. The van der Waals surface area contributed by atoms with Gasteiger partial charge in [0, 0.05) is 17.8 Å². The lowest BCUT2D eigenvalue weighted by atomic mass is 9.33. The van der Waals surface area contributed by atoms with E-state index in [0.717, 1.165) is 25.7 Å². The van der Waals surface area contributed by atoms with Crippen LogP contribution in [0.2, 0.25) is 0 Å². The zero-order valence-corrected chi connectivity index (χ0v) is 34.0. The molecule has 49 heavy (non-hydrogen) atoms. The fourth-order valence-corrected chi connectivity index (χ4v) is 13.3. The lowest BCUT2D eigenvalue weighted by Crippen LogP contribution is -2.67. The van der Waals surface area contributed by atoms with Crippen LogP contribution in [0.4, 0.5) is 0 Å². The van der Waals surface area contributed by atoms with Crippen LogP contribution in [0.25, 0.3) is 0 Å². The number of fused-ring (bicyclic) bond motifs is 7. The van der Waals surface area contributed by atoms with Crippen molar-refractivity contribution in [3.05, 3.63) is 11.6 Å². The van der Waals surface area contributed by atoms with E-state index in [1.165, 1.54) is 116 Å². The fraction of sp³-hybridized carbons (Fsp3) is 0.935. The molecule has 0 saturated heterocycles. The van der Waals surface area contributed by atoms with E-state index in [1.54, 1.807) is 5.57 Å². The van der Waals surface area contributed by atoms with Gasteiger partial charge in [0.05, 0.1) is 6.10 Å². The minimum atomic E-state index is -0.390. The van der Waals surface area contributed by atoms with Gasteiger partial charge in [-0.25, -0.2) is 0 Å². The van der Waals surface area contributed by atoms with Gasteiger partial charge >= 0.3 is 5.97 Å². The predicted octanol–water partition coefficient (Wildman–Crippen LogP) is 13.2. The zero-order valence-electron chi connectivity index (χ0n) is 34.0. The van der Waals surface area contributed by atoms with E-state index in [0.29, 0.717) is 29.1 Å². The summed E-state index contributed by atoms with van der Waals surface area (Å²) in [6, 6.07) is 0. The van der Waals surface area contributed by atoms with Crippen LogP contribution in [0.1, 0.15) is 210 Å². The van der Waals surface area contributed by atoms with E-state index in [-0.39, 0.29) is 39.7 Å². The normalized spacial score (nSPS) is 40.7. The van der Waals surface area contributed by atoms with E-state index in [2.05, 4.69) is 68.4 Å². The molecule has 3 heteroatoms. The molecule has 0 radical (unpaired) electrons. The van der Waals surface area contributed by atoms with Crippen LogP contribution in [0.15, 0.2) is 11.6 Å². The van der Waals surface area contributed by atoms with Crippen molar-refractivity contribution in [2.75, 3.05) is 0 Å². The maximum absolute atomic E-state index is 13.2. The second kappa shape index (κ2) is 15.3. The summed E-state index contributed by atoms with van der Waals surface area (Å²) in [6.45, 7) is 22.3. The van der Waals surface area contributed by atoms with E-state index >= 15 is 0 Å². The number of carbonyl (C=O) groups is 1. The van der Waals surface area contributed by atoms with Crippen molar-refractivity contribution < 1.29 is 14.6 Å². The quantitative estimate of drug-likeness (QED) is 0.106. The Balaban J connectivity index is 1.15. The Morgan fingerprint density at radius 3 is 1.92 bits per heavy atom. The molecule has 1 N–H and O–H groups in total. The van der Waals surface area contributed by atoms with Crippen LogP contribution in [0.5, 0.6) is 0 Å². The number of esters is 1. The van der Waals surface area contributed by atoms with Gasteiger partial charge in [-0.2, -0.15) is 0 Å². The Hall–Kier alpha value is -0.830. The first-order chi connectivity index (χ1) is 23.0. The molecule has 5 rings (SSSR count). The van der Waals surface area contributed by atoms with Gasteiger partial charge in [-0.3, -0.25) is 4.79 Å². The molecular weight excluding hydrogens is 601 g/mol. The second-order valence-electron chi connectivity index (χ2n) is 20.8. The van der Waals surface area contributed by atoms with Crippen LogP contribution in [0.3, 0.4) is 0 Å². The molecule has 0 aromatic heterocycles. The minimum absolute atomic E-state index is 0.0175. The summed E-state index contributed by atoms with van der Waals surface area (Å²) < 4.78 is 6.38. The van der Waals surface area contributed by atoms with Crippen LogP contribution < -0.4 is 0 Å². The molecule has 3 nitrogen and oxygen atoms in total. The summed E-state index contributed by atoms with van der Waals surface area (Å²) >= 11 is 0. The summed E-state index contributed by atoms with van der Waals surface area (Å²) in [6.07, 6.45) is 30.5. The van der Waals surface area contributed by atoms with Crippen molar-refractivity contribution in [1.82, 2.24) is 0 Å².